The van der Waals surface area contributed by atoms with Crippen LogP contribution in [0.3, 0.4) is 0 Å². The Balaban J connectivity index is 2.14. The zero-order valence-corrected chi connectivity index (χ0v) is 12.2. The van der Waals surface area contributed by atoms with E-state index in [1.54, 1.807) is 7.11 Å². The van der Waals surface area contributed by atoms with Crippen molar-refractivity contribution < 1.29 is 13.5 Å². The van der Waals surface area contributed by atoms with Crippen LogP contribution in [0.4, 0.5) is 20.2 Å². The van der Waals surface area contributed by atoms with E-state index in [4.69, 9.17) is 4.74 Å². The summed E-state index contributed by atoms with van der Waals surface area (Å²) in [7, 11) is 1.57. The van der Waals surface area contributed by atoms with Crippen molar-refractivity contribution in [1.82, 2.24) is 4.98 Å². The molecule has 0 aliphatic rings. The number of fused-ring (bicyclic) bond motifs is 1. The number of anilines is 2. The molecule has 0 fully saturated rings. The van der Waals surface area contributed by atoms with Crippen LogP contribution in [0.15, 0.2) is 42.5 Å². The first kappa shape index (κ1) is 14.3. The van der Waals surface area contributed by atoms with Gasteiger partial charge in [-0.25, -0.2) is 13.8 Å². The third-order valence-electron chi connectivity index (χ3n) is 3.35. The smallest absolute Gasteiger partial charge is 0.149 e. The van der Waals surface area contributed by atoms with Gasteiger partial charge < -0.3 is 10.1 Å². The highest BCUT2D eigenvalue weighted by Gasteiger charge is 2.11. The van der Waals surface area contributed by atoms with E-state index in [-0.39, 0.29) is 5.69 Å². The van der Waals surface area contributed by atoms with Crippen LogP contribution in [0.1, 0.15) is 5.69 Å². The van der Waals surface area contributed by atoms with E-state index < -0.39 is 11.6 Å². The fourth-order valence-corrected chi connectivity index (χ4v) is 2.35. The summed E-state index contributed by atoms with van der Waals surface area (Å²) in [5.41, 5.74) is 2.35. The number of para-hydroxylation sites is 1. The second kappa shape index (κ2) is 5.60. The molecule has 0 spiro atoms. The summed E-state index contributed by atoms with van der Waals surface area (Å²) in [6.07, 6.45) is 0. The molecule has 0 saturated heterocycles. The Morgan fingerprint density at radius 2 is 1.86 bits per heavy atom. The van der Waals surface area contributed by atoms with Gasteiger partial charge >= 0.3 is 0 Å². The maximum atomic E-state index is 13.8. The average Bonchev–Trinajstić information content (AvgIpc) is 2.49. The average molecular weight is 300 g/mol. The Kier molecular flexibility index (Phi) is 3.63. The Morgan fingerprint density at radius 1 is 1.05 bits per heavy atom. The SMILES string of the molecule is COc1cccc2c(Nc3ccc(F)cc3F)cc(C)nc12. The van der Waals surface area contributed by atoms with Crippen molar-refractivity contribution in [3.8, 4) is 5.75 Å². The lowest BCUT2D eigenvalue weighted by Gasteiger charge is -2.13. The molecule has 5 heteroatoms. The van der Waals surface area contributed by atoms with E-state index >= 15 is 0 Å². The standard InChI is InChI=1S/C17H14F2N2O/c1-10-8-15(21-14-7-6-11(18)9-13(14)19)12-4-3-5-16(22-2)17(12)20-10/h3-9H,1-2H3,(H,20,21). The number of ether oxygens (including phenoxy) is 1. The number of nitrogens with one attached hydrogen (secondary N) is 1. The molecule has 22 heavy (non-hydrogen) atoms. The van der Waals surface area contributed by atoms with Crippen LogP contribution < -0.4 is 10.1 Å². The molecule has 0 atom stereocenters. The first-order chi connectivity index (χ1) is 10.6. The van der Waals surface area contributed by atoms with Crippen molar-refractivity contribution in [3.05, 3.63) is 59.8 Å². The predicted octanol–water partition coefficient (Wildman–Crippen LogP) is 4.57. The molecule has 1 heterocycles. The number of aromatic nitrogens is 1. The third kappa shape index (κ3) is 2.57. The number of aryl methyl sites for hydroxylation is 1. The lowest BCUT2D eigenvalue weighted by atomic mass is 10.1. The van der Waals surface area contributed by atoms with Crippen LogP contribution in [0.2, 0.25) is 0 Å². The van der Waals surface area contributed by atoms with Gasteiger partial charge in [-0.1, -0.05) is 12.1 Å². The van der Waals surface area contributed by atoms with Crippen molar-refractivity contribution in [2.75, 3.05) is 12.4 Å². The Labute approximate surface area is 126 Å². The van der Waals surface area contributed by atoms with Gasteiger partial charge in [0.25, 0.3) is 0 Å². The highest BCUT2D eigenvalue weighted by Crippen LogP contribution is 2.32. The molecule has 3 nitrogen and oxygen atoms in total. The maximum absolute atomic E-state index is 13.8. The molecule has 1 N–H and O–H groups in total. The van der Waals surface area contributed by atoms with Gasteiger partial charge in [-0.05, 0) is 31.2 Å². The summed E-state index contributed by atoms with van der Waals surface area (Å²) in [6, 6.07) is 10.8. The van der Waals surface area contributed by atoms with Gasteiger partial charge in [0.15, 0.2) is 0 Å². The van der Waals surface area contributed by atoms with Crippen molar-refractivity contribution in [2.24, 2.45) is 0 Å². The monoisotopic (exact) mass is 300 g/mol. The summed E-state index contributed by atoms with van der Waals surface area (Å²) in [6.45, 7) is 1.85. The number of rotatable bonds is 3. The lowest BCUT2D eigenvalue weighted by molar-refractivity contribution is 0.419. The fourth-order valence-electron chi connectivity index (χ4n) is 2.35. The Hall–Kier alpha value is -2.69. The topological polar surface area (TPSA) is 34.1 Å². The quantitative estimate of drug-likeness (QED) is 0.769. The van der Waals surface area contributed by atoms with E-state index in [1.165, 1.54) is 12.1 Å². The molecule has 1 aromatic heterocycles. The van der Waals surface area contributed by atoms with Crippen LogP contribution in [0, 0.1) is 18.6 Å². The molecule has 112 valence electrons. The first-order valence-electron chi connectivity index (χ1n) is 6.75. The summed E-state index contributed by atoms with van der Waals surface area (Å²) in [5.74, 6) is -0.616. The molecule has 2 aromatic carbocycles. The van der Waals surface area contributed by atoms with Crippen molar-refractivity contribution in [1.29, 1.82) is 0 Å². The summed E-state index contributed by atoms with van der Waals surface area (Å²) < 4.78 is 32.2. The minimum absolute atomic E-state index is 0.205. The molecule has 0 aliphatic heterocycles. The van der Waals surface area contributed by atoms with E-state index in [1.807, 2.05) is 31.2 Å². The van der Waals surface area contributed by atoms with Gasteiger partial charge in [0, 0.05) is 22.8 Å². The van der Waals surface area contributed by atoms with Gasteiger partial charge in [0.2, 0.25) is 0 Å². The molecule has 0 unspecified atom stereocenters. The van der Waals surface area contributed by atoms with Crippen LogP contribution in [-0.4, -0.2) is 12.1 Å². The van der Waals surface area contributed by atoms with E-state index in [9.17, 15) is 8.78 Å². The van der Waals surface area contributed by atoms with Crippen molar-refractivity contribution in [2.45, 2.75) is 6.92 Å². The predicted molar refractivity (Wildman–Crippen MR) is 82.7 cm³/mol. The van der Waals surface area contributed by atoms with Gasteiger partial charge in [0.05, 0.1) is 12.8 Å². The Bertz CT molecular complexity index is 849. The maximum Gasteiger partial charge on any atom is 0.149 e. The first-order valence-corrected chi connectivity index (χ1v) is 6.75. The number of hydrogen-bond acceptors (Lipinski definition) is 3. The molecule has 3 aromatic rings. The van der Waals surface area contributed by atoms with Crippen LogP contribution in [0.5, 0.6) is 5.75 Å². The normalized spacial score (nSPS) is 10.7. The van der Waals surface area contributed by atoms with Gasteiger partial charge in [-0.3, -0.25) is 0 Å². The third-order valence-corrected chi connectivity index (χ3v) is 3.35. The number of hydrogen-bond donors (Lipinski definition) is 1. The summed E-state index contributed by atoms with van der Waals surface area (Å²) >= 11 is 0. The lowest BCUT2D eigenvalue weighted by Crippen LogP contribution is -1.98. The number of pyridine rings is 1. The zero-order chi connectivity index (χ0) is 15.7. The number of nitrogens with zero attached hydrogens (tertiary/aromatic N) is 1. The molecule has 3 rings (SSSR count). The molecule has 0 saturated carbocycles. The van der Waals surface area contributed by atoms with Crippen LogP contribution >= 0.6 is 0 Å². The van der Waals surface area contributed by atoms with Gasteiger partial charge in [0.1, 0.15) is 22.9 Å². The number of methoxy groups -OCH3 is 1. The molecular formula is C17H14F2N2O. The largest absolute Gasteiger partial charge is 0.494 e. The fraction of sp³-hybridized carbons (Fsp3) is 0.118. The van der Waals surface area contributed by atoms with Gasteiger partial charge in [-0.15, -0.1) is 0 Å². The van der Waals surface area contributed by atoms with Crippen LogP contribution in [-0.2, 0) is 0 Å². The van der Waals surface area contributed by atoms with Crippen molar-refractivity contribution >= 4 is 22.3 Å². The minimum atomic E-state index is -0.648. The van der Waals surface area contributed by atoms with E-state index in [2.05, 4.69) is 10.3 Å². The highest BCUT2D eigenvalue weighted by atomic mass is 19.1. The molecular weight excluding hydrogens is 286 g/mol. The minimum Gasteiger partial charge on any atom is -0.494 e. The molecule has 0 amide bonds. The number of benzene rings is 2. The van der Waals surface area contributed by atoms with Gasteiger partial charge in [-0.2, -0.15) is 0 Å². The van der Waals surface area contributed by atoms with E-state index in [0.717, 1.165) is 17.1 Å². The highest BCUT2D eigenvalue weighted by molar-refractivity contribution is 5.96. The second-order valence-corrected chi connectivity index (χ2v) is 4.92. The molecule has 0 bridgehead atoms. The Morgan fingerprint density at radius 3 is 2.59 bits per heavy atom. The summed E-state index contributed by atoms with van der Waals surface area (Å²) in [5, 5.41) is 3.80. The zero-order valence-electron chi connectivity index (χ0n) is 12.2. The van der Waals surface area contributed by atoms with E-state index in [0.29, 0.717) is 17.0 Å². The summed E-state index contributed by atoms with van der Waals surface area (Å²) in [4.78, 5) is 4.47. The molecule has 0 radical (unpaired) electrons. The van der Waals surface area contributed by atoms with Crippen LogP contribution in [0.25, 0.3) is 10.9 Å². The second-order valence-electron chi connectivity index (χ2n) is 4.92. The van der Waals surface area contributed by atoms with Crippen molar-refractivity contribution in [3.63, 3.8) is 0 Å². The number of halogens is 2. The molecule has 0 aliphatic carbocycles.